The Balaban J connectivity index is 3.92. The van der Waals surface area contributed by atoms with Crippen molar-refractivity contribution in [2.75, 3.05) is 0 Å². The smallest absolute Gasteiger partial charge is 0.409 e. The molecule has 0 bridgehead atoms. The van der Waals surface area contributed by atoms with Gasteiger partial charge in [-0.05, 0) is 32.1 Å². The Kier molecular flexibility index (Phi) is 8.88. The maximum absolute atomic E-state index is 11.7. The minimum Gasteiger partial charge on any atom is -0.409 e. The largest absolute Gasteiger partial charge is 0.412 e. The van der Waals surface area contributed by atoms with Crippen molar-refractivity contribution in [1.82, 2.24) is 5.32 Å². The van der Waals surface area contributed by atoms with Crippen molar-refractivity contribution < 1.29 is 18.6 Å². The molecule has 0 aromatic heterocycles. The van der Waals surface area contributed by atoms with Gasteiger partial charge in [-0.2, -0.15) is 0 Å². The summed E-state index contributed by atoms with van der Waals surface area (Å²) in [5, 5.41) is 2.79. The van der Waals surface area contributed by atoms with Crippen LogP contribution in [-0.4, -0.2) is 17.6 Å². The number of hydrogen-bond donors (Lipinski definition) is 1. The molecule has 124 valence electrons. The zero-order chi connectivity index (χ0) is 16.5. The van der Waals surface area contributed by atoms with Gasteiger partial charge >= 0.3 is 12.1 Å². The fourth-order valence-electron chi connectivity index (χ4n) is 2.35. The van der Waals surface area contributed by atoms with Gasteiger partial charge in [0.05, 0.1) is 0 Å². The SMILES string of the molecule is CCCCCC(=O)OPOC(=O)NC(C)(C)CC(C)(C)C. The summed E-state index contributed by atoms with van der Waals surface area (Å²) in [6.07, 6.45) is 3.50. The summed E-state index contributed by atoms with van der Waals surface area (Å²) in [6.45, 7) is 12.3. The van der Waals surface area contributed by atoms with Crippen LogP contribution < -0.4 is 5.32 Å². The van der Waals surface area contributed by atoms with Gasteiger partial charge < -0.3 is 14.4 Å². The number of unbranched alkanes of at least 4 members (excludes halogenated alkanes) is 2. The van der Waals surface area contributed by atoms with Crippen LogP contribution in [0.15, 0.2) is 0 Å². The topological polar surface area (TPSA) is 64.6 Å². The number of carbonyl (C=O) groups excluding carboxylic acids is 2. The lowest BCUT2D eigenvalue weighted by Crippen LogP contribution is -2.45. The minimum absolute atomic E-state index is 0.102. The van der Waals surface area contributed by atoms with Crippen molar-refractivity contribution in [3.05, 3.63) is 0 Å². The third-order valence-electron chi connectivity index (χ3n) is 2.69. The summed E-state index contributed by atoms with van der Waals surface area (Å²) < 4.78 is 9.78. The Bertz CT molecular complexity index is 337. The first-order chi connectivity index (χ1) is 9.56. The van der Waals surface area contributed by atoms with Gasteiger partial charge in [-0.15, -0.1) is 0 Å². The van der Waals surface area contributed by atoms with E-state index in [-0.39, 0.29) is 16.9 Å². The molecular weight excluding hydrogens is 289 g/mol. The second-order valence-electron chi connectivity index (χ2n) is 7.15. The first-order valence-electron chi connectivity index (χ1n) is 7.49. The van der Waals surface area contributed by atoms with Gasteiger partial charge in [0.2, 0.25) is 0 Å². The molecule has 0 aromatic carbocycles. The third-order valence-corrected chi connectivity index (χ3v) is 3.27. The van der Waals surface area contributed by atoms with Crippen LogP contribution in [0.4, 0.5) is 4.79 Å². The van der Waals surface area contributed by atoms with Crippen LogP contribution >= 0.6 is 9.03 Å². The Hall–Kier alpha value is -0.830. The monoisotopic (exact) mass is 319 g/mol. The van der Waals surface area contributed by atoms with Crippen molar-refractivity contribution in [2.24, 2.45) is 5.41 Å². The number of nitrogens with one attached hydrogen (secondary N) is 1. The molecule has 0 aromatic rings. The van der Waals surface area contributed by atoms with Gasteiger partial charge in [0, 0.05) is 12.0 Å². The van der Waals surface area contributed by atoms with Crippen molar-refractivity contribution in [2.45, 2.75) is 79.2 Å². The summed E-state index contributed by atoms with van der Waals surface area (Å²) in [4.78, 5) is 23.0. The molecule has 0 aliphatic carbocycles. The second-order valence-corrected chi connectivity index (χ2v) is 7.73. The zero-order valence-electron chi connectivity index (χ0n) is 14.2. The van der Waals surface area contributed by atoms with Crippen molar-refractivity contribution in [3.8, 4) is 0 Å². The fourth-order valence-corrected chi connectivity index (χ4v) is 2.71. The van der Waals surface area contributed by atoms with Crippen LogP contribution in [0.25, 0.3) is 0 Å². The van der Waals surface area contributed by atoms with E-state index in [1.807, 2.05) is 13.8 Å². The molecule has 0 heterocycles. The summed E-state index contributed by atoms with van der Waals surface area (Å²) in [7, 11) is -0.583. The molecule has 1 atom stereocenters. The lowest BCUT2D eigenvalue weighted by molar-refractivity contribution is -0.133. The molecular formula is C15H30NO4P. The average molecular weight is 319 g/mol. The molecule has 1 unspecified atom stereocenters. The number of rotatable bonds is 8. The standard InChI is InChI=1S/C15H30NO4P/c1-7-8-9-10-12(17)19-21-20-13(18)16-15(5,6)11-14(2,3)4/h21H,7-11H2,1-6H3,(H,16,18). The summed E-state index contributed by atoms with van der Waals surface area (Å²) in [5.41, 5.74) is -0.268. The summed E-state index contributed by atoms with van der Waals surface area (Å²) in [5.74, 6) is -0.316. The molecule has 0 spiro atoms. The Morgan fingerprint density at radius 2 is 1.67 bits per heavy atom. The average Bonchev–Trinajstić information content (AvgIpc) is 2.24. The summed E-state index contributed by atoms with van der Waals surface area (Å²) >= 11 is 0. The van der Waals surface area contributed by atoms with Crippen molar-refractivity contribution in [3.63, 3.8) is 0 Å². The van der Waals surface area contributed by atoms with E-state index >= 15 is 0 Å². The van der Waals surface area contributed by atoms with Crippen LogP contribution in [-0.2, 0) is 13.8 Å². The molecule has 6 heteroatoms. The van der Waals surface area contributed by atoms with Gasteiger partial charge in [0.15, 0.2) is 0 Å². The minimum atomic E-state index is -0.583. The van der Waals surface area contributed by atoms with Crippen molar-refractivity contribution in [1.29, 1.82) is 0 Å². The Morgan fingerprint density at radius 1 is 1.05 bits per heavy atom. The zero-order valence-corrected chi connectivity index (χ0v) is 15.2. The normalized spacial score (nSPS) is 12.5. The molecule has 0 aliphatic heterocycles. The quantitative estimate of drug-likeness (QED) is 0.526. The highest BCUT2D eigenvalue weighted by atomic mass is 31.1. The molecule has 1 N–H and O–H groups in total. The van der Waals surface area contributed by atoms with Gasteiger partial charge in [0.25, 0.3) is 9.03 Å². The number of hydrogen-bond acceptors (Lipinski definition) is 4. The van der Waals surface area contributed by atoms with Gasteiger partial charge in [0.1, 0.15) is 0 Å². The Labute approximate surface area is 130 Å². The fraction of sp³-hybridized carbons (Fsp3) is 0.867. The molecule has 0 saturated carbocycles. The summed E-state index contributed by atoms with van der Waals surface area (Å²) in [6, 6.07) is 0. The van der Waals surface area contributed by atoms with Crippen LogP contribution in [0.1, 0.15) is 73.6 Å². The number of amides is 1. The predicted octanol–water partition coefficient (Wildman–Crippen LogP) is 4.56. The number of carbonyl (C=O) groups is 2. The molecule has 5 nitrogen and oxygen atoms in total. The molecule has 0 radical (unpaired) electrons. The Morgan fingerprint density at radius 3 is 2.19 bits per heavy atom. The van der Waals surface area contributed by atoms with Gasteiger partial charge in [-0.25, -0.2) is 4.79 Å². The highest BCUT2D eigenvalue weighted by Gasteiger charge is 2.27. The first kappa shape index (κ1) is 20.2. The molecule has 0 aliphatic rings. The van der Waals surface area contributed by atoms with Crippen LogP contribution in [0.5, 0.6) is 0 Å². The van der Waals surface area contributed by atoms with Crippen molar-refractivity contribution >= 4 is 21.1 Å². The van der Waals surface area contributed by atoms with Gasteiger partial charge in [-0.1, -0.05) is 40.5 Å². The molecule has 0 rings (SSSR count). The molecule has 0 fully saturated rings. The van der Waals surface area contributed by atoms with E-state index in [9.17, 15) is 9.59 Å². The van der Waals surface area contributed by atoms with E-state index in [1.165, 1.54) is 0 Å². The van der Waals surface area contributed by atoms with E-state index < -0.39 is 15.1 Å². The third kappa shape index (κ3) is 12.6. The molecule has 21 heavy (non-hydrogen) atoms. The van der Waals surface area contributed by atoms with Gasteiger partial charge in [-0.3, -0.25) is 4.79 Å². The first-order valence-corrected chi connectivity index (χ1v) is 8.31. The highest BCUT2D eigenvalue weighted by molar-refractivity contribution is 7.27. The van der Waals surface area contributed by atoms with Crippen LogP contribution in [0, 0.1) is 5.41 Å². The van der Waals surface area contributed by atoms with E-state index in [0.29, 0.717) is 6.42 Å². The molecule has 1 amide bonds. The highest BCUT2D eigenvalue weighted by Crippen LogP contribution is 2.27. The lowest BCUT2D eigenvalue weighted by atomic mass is 9.82. The van der Waals surface area contributed by atoms with E-state index in [4.69, 9.17) is 9.05 Å². The van der Waals surface area contributed by atoms with E-state index in [1.54, 1.807) is 0 Å². The molecule has 0 saturated heterocycles. The lowest BCUT2D eigenvalue weighted by Gasteiger charge is -2.32. The maximum atomic E-state index is 11.7. The van der Waals surface area contributed by atoms with Crippen LogP contribution in [0.2, 0.25) is 0 Å². The predicted molar refractivity (Wildman–Crippen MR) is 86.3 cm³/mol. The van der Waals surface area contributed by atoms with E-state index in [2.05, 4.69) is 33.0 Å². The second kappa shape index (κ2) is 9.24. The maximum Gasteiger partial charge on any atom is 0.412 e. The van der Waals surface area contributed by atoms with E-state index in [0.717, 1.165) is 25.7 Å². The van der Waals surface area contributed by atoms with Crippen LogP contribution in [0.3, 0.4) is 0 Å².